The molecule has 0 aromatic heterocycles. The van der Waals surface area contributed by atoms with Gasteiger partial charge in [0, 0.05) is 29.4 Å². The summed E-state index contributed by atoms with van der Waals surface area (Å²) in [5.74, 6) is -0.215. The first-order valence-electron chi connectivity index (χ1n) is 7.19. The Bertz CT molecular complexity index is 698. The summed E-state index contributed by atoms with van der Waals surface area (Å²) in [7, 11) is 0. The van der Waals surface area contributed by atoms with Crippen LogP contribution in [0.3, 0.4) is 0 Å². The van der Waals surface area contributed by atoms with Gasteiger partial charge in [0.05, 0.1) is 5.56 Å². The van der Waals surface area contributed by atoms with Crippen molar-refractivity contribution in [3.05, 3.63) is 53.6 Å². The molecule has 3 rings (SSSR count). The fourth-order valence-electron chi connectivity index (χ4n) is 2.69. The molecule has 114 valence electrons. The normalized spacial score (nSPS) is 19.9. The zero-order valence-electron chi connectivity index (χ0n) is 12.2. The average Bonchev–Trinajstić information content (AvgIpc) is 2.49. The van der Waals surface area contributed by atoms with Crippen LogP contribution >= 0.6 is 0 Å². The lowest BCUT2D eigenvalue weighted by Crippen LogP contribution is -2.28. The Labute approximate surface area is 128 Å². The van der Waals surface area contributed by atoms with E-state index in [0.717, 1.165) is 23.4 Å². The first-order chi connectivity index (χ1) is 10.5. The number of rotatable bonds is 3. The van der Waals surface area contributed by atoms with Gasteiger partial charge < -0.3 is 20.9 Å². The molecule has 0 aliphatic carbocycles. The minimum atomic E-state index is -0.937. The third-order valence-corrected chi connectivity index (χ3v) is 3.77. The molecule has 0 saturated heterocycles. The highest BCUT2D eigenvalue weighted by atomic mass is 16.5. The van der Waals surface area contributed by atoms with E-state index in [-0.39, 0.29) is 17.7 Å². The van der Waals surface area contributed by atoms with Gasteiger partial charge >= 0.3 is 5.97 Å². The van der Waals surface area contributed by atoms with Crippen LogP contribution in [0.5, 0.6) is 5.75 Å². The minimum absolute atomic E-state index is 0.186. The maximum atomic E-state index is 11.2. The number of fused-ring (bicyclic) bond motifs is 1. The second-order valence-corrected chi connectivity index (χ2v) is 5.56. The molecular weight excluding hydrogens is 280 g/mol. The molecule has 1 aliphatic heterocycles. The summed E-state index contributed by atoms with van der Waals surface area (Å²) in [5, 5.41) is 12.5. The van der Waals surface area contributed by atoms with Gasteiger partial charge in [-0.2, -0.15) is 0 Å². The molecule has 22 heavy (non-hydrogen) atoms. The van der Waals surface area contributed by atoms with E-state index in [1.807, 2.05) is 12.1 Å². The number of aromatic carboxylic acids is 1. The van der Waals surface area contributed by atoms with Crippen LogP contribution in [0, 0.1) is 0 Å². The van der Waals surface area contributed by atoms with Crippen molar-refractivity contribution in [3.63, 3.8) is 0 Å². The van der Waals surface area contributed by atoms with Crippen molar-refractivity contribution in [2.24, 2.45) is 0 Å². The number of nitrogen functional groups attached to an aromatic ring is 1. The SMILES string of the molecule is CC1CC(Oc2ccc(N)cc2)c2cc(C(=O)O)ccc2N1. The molecule has 1 heterocycles. The molecule has 2 aromatic rings. The number of hydrogen-bond acceptors (Lipinski definition) is 4. The van der Waals surface area contributed by atoms with E-state index in [4.69, 9.17) is 15.6 Å². The van der Waals surface area contributed by atoms with Gasteiger partial charge in [-0.15, -0.1) is 0 Å². The van der Waals surface area contributed by atoms with Gasteiger partial charge in [0.15, 0.2) is 0 Å². The predicted octanol–water partition coefficient (Wildman–Crippen LogP) is 3.29. The Morgan fingerprint density at radius 3 is 2.68 bits per heavy atom. The number of nitrogens with two attached hydrogens (primary N) is 1. The molecule has 4 N–H and O–H groups in total. The zero-order valence-corrected chi connectivity index (χ0v) is 12.2. The summed E-state index contributed by atoms with van der Waals surface area (Å²) in [4.78, 5) is 11.2. The fourth-order valence-corrected chi connectivity index (χ4v) is 2.69. The maximum Gasteiger partial charge on any atom is 0.335 e. The van der Waals surface area contributed by atoms with Crippen LogP contribution in [-0.2, 0) is 0 Å². The van der Waals surface area contributed by atoms with Crippen LogP contribution in [0.15, 0.2) is 42.5 Å². The predicted molar refractivity (Wildman–Crippen MR) is 85.3 cm³/mol. The highest BCUT2D eigenvalue weighted by Gasteiger charge is 2.26. The Morgan fingerprint density at radius 1 is 1.27 bits per heavy atom. The highest BCUT2D eigenvalue weighted by Crippen LogP contribution is 2.36. The topological polar surface area (TPSA) is 84.6 Å². The van der Waals surface area contributed by atoms with Crippen LogP contribution in [0.25, 0.3) is 0 Å². The molecule has 2 atom stereocenters. The lowest BCUT2D eigenvalue weighted by Gasteiger charge is -2.32. The molecule has 0 radical (unpaired) electrons. The monoisotopic (exact) mass is 298 g/mol. The first kappa shape index (κ1) is 14.3. The zero-order chi connectivity index (χ0) is 15.7. The van der Waals surface area contributed by atoms with Gasteiger partial charge in [-0.25, -0.2) is 4.79 Å². The van der Waals surface area contributed by atoms with E-state index in [1.54, 1.807) is 30.3 Å². The summed E-state index contributed by atoms with van der Waals surface area (Å²) in [5.41, 5.74) is 8.42. The van der Waals surface area contributed by atoms with Crippen LogP contribution in [-0.4, -0.2) is 17.1 Å². The first-order valence-corrected chi connectivity index (χ1v) is 7.19. The van der Waals surface area contributed by atoms with E-state index >= 15 is 0 Å². The summed E-state index contributed by atoms with van der Waals surface area (Å²) in [6.07, 6.45) is 0.578. The molecule has 1 aliphatic rings. The van der Waals surface area contributed by atoms with Crippen LogP contribution < -0.4 is 15.8 Å². The highest BCUT2D eigenvalue weighted by molar-refractivity contribution is 5.88. The standard InChI is InChI=1S/C17H18N2O3/c1-10-8-16(22-13-5-3-12(18)4-6-13)14-9-11(17(20)21)2-7-15(14)19-10/h2-7,9-10,16,19H,8,18H2,1H3,(H,20,21). The summed E-state index contributed by atoms with van der Waals surface area (Å²) in [6, 6.07) is 12.6. The summed E-state index contributed by atoms with van der Waals surface area (Å²) < 4.78 is 6.05. The Balaban J connectivity index is 1.93. The number of benzene rings is 2. The number of nitrogens with one attached hydrogen (secondary N) is 1. The van der Waals surface area contributed by atoms with Gasteiger partial charge in [-0.3, -0.25) is 0 Å². The van der Waals surface area contributed by atoms with Gasteiger partial charge in [-0.05, 0) is 49.4 Å². The third kappa shape index (κ3) is 2.83. The lowest BCUT2D eigenvalue weighted by molar-refractivity contribution is 0.0696. The van der Waals surface area contributed by atoms with Crippen molar-refractivity contribution in [1.82, 2.24) is 0 Å². The largest absolute Gasteiger partial charge is 0.486 e. The van der Waals surface area contributed by atoms with Gasteiger partial charge in [0.1, 0.15) is 11.9 Å². The molecule has 5 nitrogen and oxygen atoms in total. The van der Waals surface area contributed by atoms with Crippen LogP contribution in [0.2, 0.25) is 0 Å². The van der Waals surface area contributed by atoms with Crippen molar-refractivity contribution in [2.75, 3.05) is 11.1 Å². The van der Waals surface area contributed by atoms with E-state index in [2.05, 4.69) is 12.2 Å². The van der Waals surface area contributed by atoms with Gasteiger partial charge in [0.2, 0.25) is 0 Å². The number of ether oxygens (including phenoxy) is 1. The molecule has 2 unspecified atom stereocenters. The maximum absolute atomic E-state index is 11.2. The third-order valence-electron chi connectivity index (χ3n) is 3.77. The molecule has 0 saturated carbocycles. The van der Waals surface area contributed by atoms with Crippen LogP contribution in [0.4, 0.5) is 11.4 Å². The molecule has 2 aromatic carbocycles. The van der Waals surface area contributed by atoms with E-state index in [0.29, 0.717) is 5.69 Å². The Hall–Kier alpha value is -2.69. The summed E-state index contributed by atoms with van der Waals surface area (Å²) in [6.45, 7) is 2.08. The summed E-state index contributed by atoms with van der Waals surface area (Å²) >= 11 is 0. The second kappa shape index (κ2) is 5.60. The average molecular weight is 298 g/mol. The van der Waals surface area contributed by atoms with Gasteiger partial charge in [0.25, 0.3) is 0 Å². The van der Waals surface area contributed by atoms with Crippen molar-refractivity contribution in [3.8, 4) is 5.75 Å². The van der Waals surface area contributed by atoms with Crippen molar-refractivity contribution in [2.45, 2.75) is 25.5 Å². The molecule has 5 heteroatoms. The molecular formula is C17H18N2O3. The van der Waals surface area contributed by atoms with E-state index < -0.39 is 5.97 Å². The number of hydrogen-bond donors (Lipinski definition) is 3. The molecule has 0 bridgehead atoms. The molecule has 0 fully saturated rings. The second-order valence-electron chi connectivity index (χ2n) is 5.56. The number of carboxylic acids is 1. The van der Waals surface area contributed by atoms with Crippen molar-refractivity contribution >= 4 is 17.3 Å². The number of carboxylic acid groups (broad SMARTS) is 1. The fraction of sp³-hybridized carbons (Fsp3) is 0.235. The van der Waals surface area contributed by atoms with Crippen molar-refractivity contribution < 1.29 is 14.6 Å². The minimum Gasteiger partial charge on any atom is -0.486 e. The Morgan fingerprint density at radius 2 is 2.00 bits per heavy atom. The van der Waals surface area contributed by atoms with E-state index in [1.165, 1.54) is 0 Å². The lowest BCUT2D eigenvalue weighted by atomic mass is 9.94. The number of carbonyl (C=O) groups is 1. The molecule has 0 spiro atoms. The van der Waals surface area contributed by atoms with Crippen molar-refractivity contribution in [1.29, 1.82) is 0 Å². The van der Waals surface area contributed by atoms with Gasteiger partial charge in [-0.1, -0.05) is 0 Å². The molecule has 0 amide bonds. The van der Waals surface area contributed by atoms with E-state index in [9.17, 15) is 4.79 Å². The smallest absolute Gasteiger partial charge is 0.335 e. The quantitative estimate of drug-likeness (QED) is 0.757. The van der Waals surface area contributed by atoms with Crippen LogP contribution in [0.1, 0.15) is 35.4 Å². The Kier molecular flexibility index (Phi) is 3.63. The number of anilines is 2.